The Morgan fingerprint density at radius 1 is 1.02 bits per heavy atom. The van der Waals surface area contributed by atoms with E-state index in [2.05, 4.69) is 72.9 Å². The first kappa shape index (κ1) is 43.7. The van der Waals surface area contributed by atoms with Crippen LogP contribution in [0.2, 0.25) is 0 Å². The number of likely N-dealkylation sites (tertiary alicyclic amines) is 1. The van der Waals surface area contributed by atoms with E-state index in [9.17, 15) is 28.4 Å². The van der Waals surface area contributed by atoms with Crippen molar-refractivity contribution < 1.29 is 28.0 Å². The Morgan fingerprint density at radius 3 is 2.53 bits per heavy atom. The summed E-state index contributed by atoms with van der Waals surface area (Å²) in [6, 6.07) is 21.2. The summed E-state index contributed by atoms with van der Waals surface area (Å²) in [5.74, 6) is -0.491. The maximum Gasteiger partial charge on any atom is 0.388 e. The maximum absolute atomic E-state index is 13.9. The van der Waals surface area contributed by atoms with Gasteiger partial charge in [-0.15, -0.1) is 0 Å². The summed E-state index contributed by atoms with van der Waals surface area (Å²) in [4.78, 5) is 41.7. The topological polar surface area (TPSA) is 196 Å². The highest BCUT2D eigenvalue weighted by atomic mass is 32.2. The minimum absolute atomic E-state index is 0.0461. The van der Waals surface area contributed by atoms with Gasteiger partial charge in [0, 0.05) is 61.1 Å². The van der Waals surface area contributed by atoms with Crippen molar-refractivity contribution in [1.29, 1.82) is 0 Å². The van der Waals surface area contributed by atoms with Gasteiger partial charge in [0.05, 0.1) is 17.4 Å². The fourth-order valence-corrected chi connectivity index (χ4v) is 11.6. The van der Waals surface area contributed by atoms with Crippen LogP contribution in [-0.2, 0) is 10.0 Å². The van der Waals surface area contributed by atoms with Crippen LogP contribution in [-0.4, -0.2) is 82.0 Å². The lowest BCUT2D eigenvalue weighted by atomic mass is 9.59. The highest BCUT2D eigenvalue weighted by Gasteiger charge is 2.50. The number of rotatable bonds is 13. The lowest BCUT2D eigenvalue weighted by molar-refractivity contribution is -0.389. The van der Waals surface area contributed by atoms with Gasteiger partial charge in [0.1, 0.15) is 22.8 Å². The fourth-order valence-electron chi connectivity index (χ4n) is 10.6. The van der Waals surface area contributed by atoms with Crippen molar-refractivity contribution in [3.8, 4) is 11.5 Å². The van der Waals surface area contributed by atoms with Crippen LogP contribution in [0.4, 0.5) is 17.2 Å². The average molecular weight is 891 g/mol. The number of hydrogen-bond acceptors (Lipinski definition) is 12. The normalized spacial score (nSPS) is 22.7. The Bertz CT molecular complexity index is 2640. The van der Waals surface area contributed by atoms with Crippen molar-refractivity contribution in [3.05, 3.63) is 106 Å². The molecule has 9 rings (SSSR count). The molecular weight excluding hydrogens is 833 g/mol. The molecule has 15 nitrogen and oxygen atoms in total. The molecule has 16 heteroatoms. The van der Waals surface area contributed by atoms with Gasteiger partial charge in [-0.3, -0.25) is 9.69 Å². The molecule has 2 saturated carbocycles. The molecule has 2 aliphatic heterocycles. The number of amides is 1. The third kappa shape index (κ3) is 9.04. The number of carbonyl (C=O) groups excluding carboxylic acids is 1. The molecule has 2 saturated heterocycles. The Balaban J connectivity index is 0.895. The summed E-state index contributed by atoms with van der Waals surface area (Å²) in [5.41, 5.74) is 4.06. The van der Waals surface area contributed by atoms with Crippen molar-refractivity contribution in [1.82, 2.24) is 24.6 Å². The third-order valence-corrected chi connectivity index (χ3v) is 15.6. The number of aromatic amines is 1. The van der Waals surface area contributed by atoms with E-state index in [4.69, 9.17) is 4.74 Å². The van der Waals surface area contributed by atoms with E-state index in [1.165, 1.54) is 49.1 Å². The van der Waals surface area contributed by atoms with Gasteiger partial charge in [0.2, 0.25) is 0 Å². The van der Waals surface area contributed by atoms with Crippen LogP contribution in [0.5, 0.6) is 11.5 Å². The largest absolute Gasteiger partial charge is 0.455 e. The number of piperidine rings is 1. The van der Waals surface area contributed by atoms with Crippen LogP contribution in [0, 0.1) is 21.4 Å². The van der Waals surface area contributed by atoms with Crippen LogP contribution in [0.3, 0.4) is 0 Å². The summed E-state index contributed by atoms with van der Waals surface area (Å²) in [5, 5.41) is 25.6. The number of benzene rings is 2. The van der Waals surface area contributed by atoms with Crippen molar-refractivity contribution in [2.24, 2.45) is 11.3 Å². The van der Waals surface area contributed by atoms with E-state index < -0.39 is 37.3 Å². The molecule has 338 valence electrons. The number of aliphatic hydroxyl groups is 1. The second kappa shape index (κ2) is 17.4. The second-order valence-electron chi connectivity index (χ2n) is 19.1. The standard InChI is InChI=1S/C48H58N8O7S/c1-31(2)37-7-4-5-8-38(37)41-9-6-22-55(41)35-27-48(28-35)19-23-54(24-20-48)34-10-11-39(42(26-34)63-36-25-33-16-21-49-44(33)51-30-36)46(57)53-64(61,62)43-13-12-40(45(52-43)56(59)60)50-29-32-14-17-47(3,58)18-15-32/h4-5,7-8,10-13,16,21,25-26,30-32,35,41,50,58H,6,9,14-15,17-20,22-24,27-29H2,1-3H3,(H,49,51)(H,53,57)/t32-,41-,47-/m0/s1. The fraction of sp³-hybridized carbons (Fsp3) is 0.479. The number of carbonyl (C=O) groups is 1. The van der Waals surface area contributed by atoms with E-state index in [1.54, 1.807) is 31.3 Å². The van der Waals surface area contributed by atoms with Gasteiger partial charge < -0.3 is 35.2 Å². The average Bonchev–Trinajstić information content (AvgIpc) is 3.95. The zero-order valence-corrected chi connectivity index (χ0v) is 37.6. The SMILES string of the molecule is CC(C)c1ccccc1[C@@H]1CCCN1C1CC2(CCN(c3ccc(C(=O)NS(=O)(=O)c4ccc(NC[C@H]5CC[C@](C)(O)CC5)c([N+](=O)[O-])n4)c(Oc4cnc5[nH]ccc5c4)c3)CC2)C1. The lowest BCUT2D eigenvalue weighted by Gasteiger charge is -2.56. The number of ether oxygens (including phenoxy) is 1. The molecule has 0 unspecified atom stereocenters. The molecule has 64 heavy (non-hydrogen) atoms. The van der Waals surface area contributed by atoms with E-state index in [1.807, 2.05) is 12.1 Å². The van der Waals surface area contributed by atoms with Crippen molar-refractivity contribution in [2.45, 2.75) is 114 Å². The molecule has 0 bridgehead atoms. The van der Waals surface area contributed by atoms with E-state index in [0.29, 0.717) is 54.2 Å². The number of H-pyrrole nitrogens is 1. The van der Waals surface area contributed by atoms with Crippen molar-refractivity contribution in [3.63, 3.8) is 0 Å². The predicted octanol–water partition coefficient (Wildman–Crippen LogP) is 8.84. The number of hydrogen-bond donors (Lipinski definition) is 4. The first-order chi connectivity index (χ1) is 30.7. The molecule has 4 N–H and O–H groups in total. The molecular formula is C48H58N8O7S. The van der Waals surface area contributed by atoms with Gasteiger partial charge in [-0.1, -0.05) is 38.1 Å². The zero-order valence-electron chi connectivity index (χ0n) is 36.8. The first-order valence-corrected chi connectivity index (χ1v) is 24.2. The molecule has 0 radical (unpaired) electrons. The Morgan fingerprint density at radius 2 is 1.78 bits per heavy atom. The molecule has 4 aliphatic rings. The van der Waals surface area contributed by atoms with Crippen molar-refractivity contribution >= 4 is 44.2 Å². The van der Waals surface area contributed by atoms with Gasteiger partial charge in [-0.2, -0.15) is 8.42 Å². The highest BCUT2D eigenvalue weighted by Crippen LogP contribution is 2.54. The van der Waals surface area contributed by atoms with Crippen molar-refractivity contribution in [2.75, 3.05) is 36.4 Å². The number of anilines is 2. The summed E-state index contributed by atoms with van der Waals surface area (Å²) in [6.45, 7) is 9.59. The molecule has 2 aromatic carbocycles. The zero-order chi connectivity index (χ0) is 44.8. The van der Waals surface area contributed by atoms with Crippen LogP contribution >= 0.6 is 0 Å². The van der Waals surface area contributed by atoms with Crippen LogP contribution in [0.1, 0.15) is 118 Å². The third-order valence-electron chi connectivity index (χ3n) is 14.4. The van der Waals surface area contributed by atoms with Gasteiger partial charge in [-0.25, -0.2) is 9.71 Å². The molecule has 5 aromatic rings. The van der Waals surface area contributed by atoms with Gasteiger partial charge in [-0.05, 0) is 146 Å². The van der Waals surface area contributed by atoms with Crippen LogP contribution in [0.25, 0.3) is 11.0 Å². The Hall–Kier alpha value is -5.58. The molecule has 2 aliphatic carbocycles. The Kier molecular flexibility index (Phi) is 11.9. The van der Waals surface area contributed by atoms with E-state index in [0.717, 1.165) is 62.5 Å². The van der Waals surface area contributed by atoms with Gasteiger partial charge >= 0.3 is 15.8 Å². The smallest absolute Gasteiger partial charge is 0.388 e. The second-order valence-corrected chi connectivity index (χ2v) is 20.8. The Labute approximate surface area is 374 Å². The highest BCUT2D eigenvalue weighted by molar-refractivity contribution is 7.90. The number of nitrogens with one attached hydrogen (secondary N) is 3. The minimum atomic E-state index is -4.67. The summed E-state index contributed by atoms with van der Waals surface area (Å²) < 4.78 is 35.8. The number of nitro groups is 1. The number of pyridine rings is 2. The number of aromatic nitrogens is 3. The summed E-state index contributed by atoms with van der Waals surface area (Å²) in [7, 11) is -4.67. The molecule has 1 amide bonds. The monoisotopic (exact) mass is 890 g/mol. The molecule has 3 aromatic heterocycles. The molecule has 5 heterocycles. The van der Waals surface area contributed by atoms with Gasteiger partial charge in [0.25, 0.3) is 10.9 Å². The maximum atomic E-state index is 13.9. The van der Waals surface area contributed by atoms with E-state index in [-0.39, 0.29) is 22.9 Å². The minimum Gasteiger partial charge on any atom is -0.455 e. The quantitative estimate of drug-likeness (QED) is 0.0649. The van der Waals surface area contributed by atoms with Crippen LogP contribution < -0.4 is 19.7 Å². The lowest BCUT2D eigenvalue weighted by Crippen LogP contribution is -2.54. The molecule has 1 atom stereocenters. The summed E-state index contributed by atoms with van der Waals surface area (Å²) >= 11 is 0. The molecule has 4 fully saturated rings. The predicted molar refractivity (Wildman–Crippen MR) is 245 cm³/mol. The number of fused-ring (bicyclic) bond motifs is 1. The number of nitrogens with zero attached hydrogens (tertiary/aromatic N) is 5. The first-order valence-electron chi connectivity index (χ1n) is 22.7. The van der Waals surface area contributed by atoms with Crippen LogP contribution in [0.15, 0.2) is 84.1 Å². The van der Waals surface area contributed by atoms with E-state index >= 15 is 0 Å². The summed E-state index contributed by atoms with van der Waals surface area (Å²) in [6.07, 6.45) is 13.0. The number of sulfonamides is 1. The van der Waals surface area contributed by atoms with Gasteiger partial charge in [0.15, 0.2) is 0 Å². The molecule has 1 spiro atoms.